The number of hydrogen-bond acceptors (Lipinski definition) is 4. The molecule has 3 heterocycles. The van der Waals surface area contributed by atoms with Crippen LogP contribution >= 0.6 is 0 Å². The summed E-state index contributed by atoms with van der Waals surface area (Å²) < 4.78 is 0. The van der Waals surface area contributed by atoms with Gasteiger partial charge in [-0.1, -0.05) is 0 Å². The highest BCUT2D eigenvalue weighted by atomic mass is 16.2. The monoisotopic (exact) mass is 259 g/mol. The van der Waals surface area contributed by atoms with Crippen molar-refractivity contribution in [2.24, 2.45) is 0 Å². The lowest BCUT2D eigenvalue weighted by Gasteiger charge is -2.39. The first-order chi connectivity index (χ1) is 9.02. The zero-order valence-electron chi connectivity index (χ0n) is 10.5. The van der Waals surface area contributed by atoms with E-state index in [1.165, 1.54) is 11.1 Å². The van der Waals surface area contributed by atoms with E-state index in [1.807, 2.05) is 0 Å². The van der Waals surface area contributed by atoms with E-state index in [0.29, 0.717) is 18.5 Å². The van der Waals surface area contributed by atoms with E-state index in [-0.39, 0.29) is 18.2 Å². The highest BCUT2D eigenvalue weighted by Gasteiger charge is 2.48. The zero-order chi connectivity index (χ0) is 13.6. The molecule has 1 unspecified atom stereocenters. The van der Waals surface area contributed by atoms with Crippen molar-refractivity contribution in [1.29, 1.82) is 0 Å². The molecule has 98 valence electrons. The van der Waals surface area contributed by atoms with E-state index in [4.69, 9.17) is 0 Å². The van der Waals surface area contributed by atoms with Crippen molar-refractivity contribution in [3.8, 4) is 0 Å². The maximum absolute atomic E-state index is 12.3. The molecular weight excluding hydrogens is 246 g/mol. The molecule has 0 bridgehead atoms. The summed E-state index contributed by atoms with van der Waals surface area (Å²) in [6, 6.07) is 1.78. The fourth-order valence-corrected chi connectivity index (χ4v) is 2.59. The standard InChI is InChI=1S/C13H13N3O3/c1-13(4-2-10(17)15-12(13)19)16-7-8-3-5-14-6-9(8)11(16)18/h3,5-6H,2,4,7H2,1H3,(H,15,17,19). The Morgan fingerprint density at radius 1 is 1.37 bits per heavy atom. The molecule has 1 aromatic rings. The maximum Gasteiger partial charge on any atom is 0.256 e. The number of imide groups is 1. The van der Waals surface area contributed by atoms with Gasteiger partial charge >= 0.3 is 0 Å². The molecule has 1 N–H and O–H groups in total. The van der Waals surface area contributed by atoms with Gasteiger partial charge in [-0.3, -0.25) is 24.7 Å². The van der Waals surface area contributed by atoms with Crippen LogP contribution in [0.15, 0.2) is 18.5 Å². The van der Waals surface area contributed by atoms with Gasteiger partial charge in [0.2, 0.25) is 5.91 Å². The third-order valence-electron chi connectivity index (χ3n) is 3.89. The molecule has 6 heteroatoms. The minimum Gasteiger partial charge on any atom is -0.320 e. The molecule has 3 rings (SSSR count). The van der Waals surface area contributed by atoms with Crippen molar-refractivity contribution >= 4 is 17.7 Å². The van der Waals surface area contributed by atoms with Gasteiger partial charge in [-0.25, -0.2) is 0 Å². The third-order valence-corrected chi connectivity index (χ3v) is 3.89. The first-order valence-electron chi connectivity index (χ1n) is 6.11. The van der Waals surface area contributed by atoms with Crippen LogP contribution in [0.4, 0.5) is 0 Å². The lowest BCUT2D eigenvalue weighted by Crippen LogP contribution is -2.61. The van der Waals surface area contributed by atoms with Gasteiger partial charge in [0.05, 0.1) is 5.56 Å². The normalized spacial score (nSPS) is 26.4. The Morgan fingerprint density at radius 3 is 2.84 bits per heavy atom. The van der Waals surface area contributed by atoms with E-state index in [9.17, 15) is 14.4 Å². The summed E-state index contributed by atoms with van der Waals surface area (Å²) in [7, 11) is 0. The predicted molar refractivity (Wildman–Crippen MR) is 64.9 cm³/mol. The fourth-order valence-electron chi connectivity index (χ4n) is 2.59. The minimum atomic E-state index is -0.968. The molecule has 19 heavy (non-hydrogen) atoms. The quantitative estimate of drug-likeness (QED) is 0.732. The van der Waals surface area contributed by atoms with Crippen molar-refractivity contribution < 1.29 is 14.4 Å². The van der Waals surface area contributed by atoms with Crippen LogP contribution in [-0.2, 0) is 16.1 Å². The molecule has 1 fully saturated rings. The topological polar surface area (TPSA) is 79.4 Å². The lowest BCUT2D eigenvalue weighted by atomic mass is 9.89. The third kappa shape index (κ3) is 1.63. The number of hydrogen-bond donors (Lipinski definition) is 1. The molecule has 2 aliphatic heterocycles. The van der Waals surface area contributed by atoms with Crippen LogP contribution in [-0.4, -0.2) is 33.1 Å². The van der Waals surface area contributed by atoms with Crippen molar-refractivity contribution in [3.63, 3.8) is 0 Å². The van der Waals surface area contributed by atoms with Crippen molar-refractivity contribution in [2.75, 3.05) is 0 Å². The summed E-state index contributed by atoms with van der Waals surface area (Å²) in [6.45, 7) is 2.08. The molecule has 0 saturated carbocycles. The molecule has 1 atom stereocenters. The van der Waals surface area contributed by atoms with Gasteiger partial charge in [0.1, 0.15) is 5.54 Å². The molecule has 0 aliphatic carbocycles. The van der Waals surface area contributed by atoms with Gasteiger partial charge in [0.25, 0.3) is 11.8 Å². The maximum atomic E-state index is 12.3. The highest BCUT2D eigenvalue weighted by molar-refractivity contribution is 6.07. The second kappa shape index (κ2) is 3.88. The van der Waals surface area contributed by atoms with E-state index in [2.05, 4.69) is 10.3 Å². The first kappa shape index (κ1) is 11.8. The molecular formula is C13H13N3O3. The van der Waals surface area contributed by atoms with Gasteiger partial charge < -0.3 is 4.90 Å². The van der Waals surface area contributed by atoms with Gasteiger partial charge in [0.15, 0.2) is 0 Å². The minimum absolute atomic E-state index is 0.199. The van der Waals surface area contributed by atoms with Gasteiger partial charge in [0, 0.05) is 25.4 Å². The second-order valence-corrected chi connectivity index (χ2v) is 5.08. The van der Waals surface area contributed by atoms with Crippen LogP contribution in [0.2, 0.25) is 0 Å². The average Bonchev–Trinajstić information content (AvgIpc) is 2.73. The summed E-state index contributed by atoms with van der Waals surface area (Å²) in [5, 5.41) is 2.31. The fraction of sp³-hybridized carbons (Fsp3) is 0.385. The van der Waals surface area contributed by atoms with Crippen LogP contribution in [0.1, 0.15) is 35.7 Å². The number of rotatable bonds is 1. The van der Waals surface area contributed by atoms with Gasteiger partial charge in [-0.2, -0.15) is 0 Å². The number of pyridine rings is 1. The summed E-state index contributed by atoms with van der Waals surface area (Å²) in [5.74, 6) is -0.888. The number of carbonyl (C=O) groups is 3. The van der Waals surface area contributed by atoms with Crippen molar-refractivity contribution in [1.82, 2.24) is 15.2 Å². The molecule has 2 aliphatic rings. The summed E-state index contributed by atoms with van der Waals surface area (Å²) >= 11 is 0. The van der Waals surface area contributed by atoms with Crippen LogP contribution in [0.25, 0.3) is 0 Å². The zero-order valence-corrected chi connectivity index (χ0v) is 10.5. The Bertz CT molecular complexity index is 599. The summed E-state index contributed by atoms with van der Waals surface area (Å²) in [6.07, 6.45) is 3.75. The molecule has 3 amide bonds. The van der Waals surface area contributed by atoms with Crippen molar-refractivity contribution in [2.45, 2.75) is 31.8 Å². The number of nitrogens with zero attached hydrogens (tertiary/aromatic N) is 2. The smallest absolute Gasteiger partial charge is 0.256 e. The van der Waals surface area contributed by atoms with E-state index in [1.54, 1.807) is 19.2 Å². The van der Waals surface area contributed by atoms with Gasteiger partial charge in [-0.15, -0.1) is 0 Å². The van der Waals surface area contributed by atoms with Crippen LogP contribution in [0, 0.1) is 0 Å². The number of carbonyl (C=O) groups excluding carboxylic acids is 3. The second-order valence-electron chi connectivity index (χ2n) is 5.08. The average molecular weight is 259 g/mol. The van der Waals surface area contributed by atoms with Crippen LogP contribution < -0.4 is 5.32 Å². The summed E-state index contributed by atoms with van der Waals surface area (Å²) in [4.78, 5) is 41.1. The molecule has 6 nitrogen and oxygen atoms in total. The number of piperidine rings is 1. The SMILES string of the molecule is CC1(N2Cc3ccncc3C2=O)CCC(=O)NC1=O. The number of nitrogens with one attached hydrogen (secondary N) is 1. The Morgan fingerprint density at radius 2 is 2.16 bits per heavy atom. The Balaban J connectivity index is 1.95. The molecule has 0 aromatic carbocycles. The van der Waals surface area contributed by atoms with E-state index in [0.717, 1.165) is 5.56 Å². The lowest BCUT2D eigenvalue weighted by molar-refractivity contribution is -0.142. The predicted octanol–water partition coefficient (Wildman–Crippen LogP) is 0.233. The number of aromatic nitrogens is 1. The van der Waals surface area contributed by atoms with Crippen LogP contribution in [0.5, 0.6) is 0 Å². The number of fused-ring (bicyclic) bond motifs is 1. The van der Waals surface area contributed by atoms with Gasteiger partial charge in [-0.05, 0) is 25.0 Å². The summed E-state index contributed by atoms with van der Waals surface area (Å²) in [5.41, 5.74) is 0.434. The molecule has 0 radical (unpaired) electrons. The Kier molecular flexibility index (Phi) is 2.41. The molecule has 0 spiro atoms. The Labute approximate surface area is 109 Å². The van der Waals surface area contributed by atoms with Crippen LogP contribution in [0.3, 0.4) is 0 Å². The highest BCUT2D eigenvalue weighted by Crippen LogP contribution is 2.33. The molecule has 1 aromatic heterocycles. The Hall–Kier alpha value is -2.24. The largest absolute Gasteiger partial charge is 0.320 e. The van der Waals surface area contributed by atoms with E-state index < -0.39 is 11.4 Å². The number of amides is 3. The van der Waals surface area contributed by atoms with E-state index >= 15 is 0 Å². The first-order valence-corrected chi connectivity index (χ1v) is 6.11. The van der Waals surface area contributed by atoms with Crippen molar-refractivity contribution in [3.05, 3.63) is 29.6 Å². The molecule has 1 saturated heterocycles.